The highest BCUT2D eigenvalue weighted by atomic mass is 32.1. The topological polar surface area (TPSA) is 142 Å². The maximum absolute atomic E-state index is 13.9. The summed E-state index contributed by atoms with van der Waals surface area (Å²) in [5.74, 6) is -0.518. The summed E-state index contributed by atoms with van der Waals surface area (Å²) in [6.07, 6.45) is -0.657. The zero-order valence-electron chi connectivity index (χ0n) is 35.4. The number of pyridine rings is 1. The molecule has 0 saturated heterocycles. The van der Waals surface area contributed by atoms with Gasteiger partial charge in [-0.2, -0.15) is 0 Å². The molecule has 11 nitrogen and oxygen atoms in total. The Balaban J connectivity index is 1.33. The molecule has 0 aliphatic carbocycles. The van der Waals surface area contributed by atoms with E-state index < -0.39 is 38.1 Å². The minimum absolute atomic E-state index is 0.188. The van der Waals surface area contributed by atoms with Crippen molar-refractivity contribution in [1.29, 1.82) is 0 Å². The first-order valence-corrected chi connectivity index (χ1v) is 24.6. The molecule has 7 rings (SSSR count). The third-order valence-electron chi connectivity index (χ3n) is 9.83. The Kier molecular flexibility index (Phi) is 13.4. The van der Waals surface area contributed by atoms with Gasteiger partial charge in [-0.3, -0.25) is 4.79 Å². The average molecular weight is 902 g/mol. The number of nitrogens with zero attached hydrogens (tertiary/aromatic N) is 4. The highest BCUT2D eigenvalue weighted by molar-refractivity contribution is 7.14. The number of alkyl carbamates (subject to hydrolysis) is 1. The van der Waals surface area contributed by atoms with Crippen molar-refractivity contribution in [3.63, 3.8) is 0 Å². The first kappa shape index (κ1) is 44.3. The van der Waals surface area contributed by atoms with Crippen molar-refractivity contribution in [2.24, 2.45) is 0 Å². The van der Waals surface area contributed by atoms with Crippen LogP contribution in [-0.2, 0) is 13.9 Å². The molecule has 7 aromatic rings. The number of nitrogens with one attached hydrogen (secondary N) is 1. The van der Waals surface area contributed by atoms with Crippen LogP contribution in [0.25, 0.3) is 32.7 Å². The van der Waals surface area contributed by atoms with Crippen LogP contribution in [0.5, 0.6) is 0 Å². The van der Waals surface area contributed by atoms with E-state index in [9.17, 15) is 14.4 Å². The lowest BCUT2D eigenvalue weighted by molar-refractivity contribution is 0.0433. The molecule has 1 N–H and O–H groups in total. The van der Waals surface area contributed by atoms with E-state index in [2.05, 4.69) is 60.3 Å². The second kappa shape index (κ2) is 18.7. The molecule has 0 aliphatic heterocycles. The van der Waals surface area contributed by atoms with Crippen molar-refractivity contribution in [2.45, 2.75) is 71.3 Å². The summed E-state index contributed by atoms with van der Waals surface area (Å²) in [6.45, 7) is 14.1. The molecule has 0 spiro atoms. The number of aromatic nitrogens is 4. The standard InChI is InChI=1S/C47H47N5O6S3Si/c1-8-56-44(54)37-29-59-41(51-37)34-25-24-31(26-53)48-38(34)35-27-60-42(49-35)36-28-61-43(50-36)39(52-45(55)57-46(2,3)4)40(30-18-12-9-13-19-30)58-62(47(5,6)7,32-20-14-10-15-21-32)33-22-16-11-17-23-33/h9-29,39-40H,8H2,1-7H3,(H,52,55)/t39-,40+/m1/s1. The Bertz CT molecular complexity index is 2600. The van der Waals surface area contributed by atoms with Crippen LogP contribution in [-0.4, -0.2) is 58.8 Å². The minimum Gasteiger partial charge on any atom is -0.461 e. The first-order valence-electron chi connectivity index (χ1n) is 20.0. The lowest BCUT2D eigenvalue weighted by Gasteiger charge is -2.46. The van der Waals surface area contributed by atoms with Crippen molar-refractivity contribution in [3.8, 4) is 32.7 Å². The van der Waals surface area contributed by atoms with Crippen LogP contribution in [0.4, 0.5) is 4.79 Å². The second-order valence-corrected chi connectivity index (χ2v) is 23.2. The molecule has 2 atom stereocenters. The third kappa shape index (κ3) is 9.67. The third-order valence-corrected chi connectivity index (χ3v) is 17.5. The Labute approximate surface area is 374 Å². The number of hydrogen-bond donors (Lipinski definition) is 1. The normalized spacial score (nSPS) is 13.0. The van der Waals surface area contributed by atoms with Crippen LogP contribution in [0.3, 0.4) is 0 Å². The van der Waals surface area contributed by atoms with Gasteiger partial charge in [0.25, 0.3) is 8.32 Å². The fourth-order valence-corrected chi connectivity index (χ4v) is 14.4. The summed E-state index contributed by atoms with van der Waals surface area (Å²) in [4.78, 5) is 57.6. The van der Waals surface area contributed by atoms with Crippen LogP contribution < -0.4 is 15.7 Å². The van der Waals surface area contributed by atoms with Gasteiger partial charge >= 0.3 is 12.1 Å². The van der Waals surface area contributed by atoms with Gasteiger partial charge in [-0.05, 0) is 60.8 Å². The molecular formula is C47H47N5O6S3Si. The Morgan fingerprint density at radius 1 is 0.726 bits per heavy atom. The molecule has 15 heteroatoms. The smallest absolute Gasteiger partial charge is 0.408 e. The molecule has 62 heavy (non-hydrogen) atoms. The van der Waals surface area contributed by atoms with Gasteiger partial charge in [-0.25, -0.2) is 29.5 Å². The summed E-state index contributed by atoms with van der Waals surface area (Å²) in [5.41, 5.74) is 2.64. The van der Waals surface area contributed by atoms with Crippen LogP contribution in [0.15, 0.2) is 119 Å². The molecule has 0 unspecified atom stereocenters. The maximum Gasteiger partial charge on any atom is 0.408 e. The summed E-state index contributed by atoms with van der Waals surface area (Å²) in [7, 11) is -3.22. The molecule has 0 saturated carbocycles. The SMILES string of the molecule is CCOC(=O)c1csc(-c2ccc(C=O)nc2-c2csc(-c3csc([C@H](NC(=O)OC(C)(C)C)[C@@H](O[Si](c4ccccc4)(c4ccccc4)C(C)(C)C)c4ccccc4)n3)n2)n1. The quantitative estimate of drug-likeness (QED) is 0.0637. The maximum atomic E-state index is 13.9. The molecule has 1 amide bonds. The summed E-state index contributed by atoms with van der Waals surface area (Å²) >= 11 is 4.03. The Morgan fingerprint density at radius 2 is 1.34 bits per heavy atom. The van der Waals surface area contributed by atoms with E-state index in [1.54, 1.807) is 24.4 Å². The fourth-order valence-electron chi connectivity index (χ4n) is 7.19. The van der Waals surface area contributed by atoms with Crippen LogP contribution in [0.1, 0.15) is 92.2 Å². The van der Waals surface area contributed by atoms with E-state index >= 15 is 0 Å². The molecule has 4 aromatic heterocycles. The first-order chi connectivity index (χ1) is 29.7. The van der Waals surface area contributed by atoms with Crippen molar-refractivity contribution in [1.82, 2.24) is 25.3 Å². The van der Waals surface area contributed by atoms with Gasteiger partial charge in [-0.1, -0.05) is 112 Å². The number of ether oxygens (including phenoxy) is 2. The molecular weight excluding hydrogens is 855 g/mol. The number of carbonyl (C=O) groups is 3. The summed E-state index contributed by atoms with van der Waals surface area (Å²) in [6, 6.07) is 33.3. The van der Waals surface area contributed by atoms with E-state index in [1.807, 2.05) is 98.3 Å². The minimum atomic E-state index is -3.22. The van der Waals surface area contributed by atoms with Crippen LogP contribution >= 0.6 is 34.0 Å². The van der Waals surface area contributed by atoms with Gasteiger partial charge in [0, 0.05) is 21.7 Å². The number of esters is 1. The van der Waals surface area contributed by atoms with Crippen molar-refractivity contribution in [3.05, 3.63) is 141 Å². The number of carbonyl (C=O) groups excluding carboxylic acids is 3. The number of amides is 1. The number of thiazole rings is 3. The van der Waals surface area contributed by atoms with Crippen LogP contribution in [0.2, 0.25) is 5.04 Å². The molecule has 0 fully saturated rings. The van der Waals surface area contributed by atoms with Gasteiger partial charge in [0.2, 0.25) is 0 Å². The summed E-state index contributed by atoms with van der Waals surface area (Å²) in [5, 5.41) is 12.1. The van der Waals surface area contributed by atoms with Crippen LogP contribution in [0, 0.1) is 0 Å². The monoisotopic (exact) mass is 901 g/mol. The predicted molar refractivity (Wildman–Crippen MR) is 249 cm³/mol. The van der Waals surface area contributed by atoms with E-state index in [-0.39, 0.29) is 23.0 Å². The lowest BCUT2D eigenvalue weighted by atomic mass is 10.0. The molecule has 0 bridgehead atoms. The zero-order valence-corrected chi connectivity index (χ0v) is 38.9. The summed E-state index contributed by atoms with van der Waals surface area (Å²) < 4.78 is 18.9. The van der Waals surface area contributed by atoms with E-state index in [0.29, 0.717) is 44.0 Å². The average Bonchev–Trinajstić information content (AvgIpc) is 4.06. The van der Waals surface area contributed by atoms with Gasteiger partial charge in [0.1, 0.15) is 49.4 Å². The molecule has 4 heterocycles. The lowest BCUT2D eigenvalue weighted by Crippen LogP contribution is -2.67. The highest BCUT2D eigenvalue weighted by Gasteiger charge is 2.53. The van der Waals surface area contributed by atoms with Crippen molar-refractivity contribution in [2.75, 3.05) is 6.61 Å². The predicted octanol–water partition coefficient (Wildman–Crippen LogP) is 10.3. The number of benzene rings is 3. The number of aldehydes is 1. The largest absolute Gasteiger partial charge is 0.461 e. The van der Waals surface area contributed by atoms with Crippen molar-refractivity contribution >= 4 is 71.0 Å². The number of hydrogen-bond acceptors (Lipinski definition) is 13. The number of rotatable bonds is 14. The zero-order chi connectivity index (χ0) is 44.1. The Hall–Kier alpha value is -5.71. The molecule has 318 valence electrons. The fraction of sp³-hybridized carbons (Fsp3) is 0.255. The van der Waals surface area contributed by atoms with Gasteiger partial charge < -0.3 is 19.2 Å². The molecule has 3 aromatic carbocycles. The van der Waals surface area contributed by atoms with Crippen molar-refractivity contribution < 1.29 is 28.3 Å². The molecule has 0 aliphatic rings. The highest BCUT2D eigenvalue weighted by Crippen LogP contribution is 2.45. The Morgan fingerprint density at radius 3 is 1.94 bits per heavy atom. The van der Waals surface area contributed by atoms with E-state index in [1.165, 1.54) is 34.0 Å². The van der Waals surface area contributed by atoms with Gasteiger partial charge in [0.15, 0.2) is 12.0 Å². The van der Waals surface area contributed by atoms with E-state index in [0.717, 1.165) is 15.9 Å². The van der Waals surface area contributed by atoms with E-state index in [4.69, 9.17) is 23.9 Å². The second-order valence-electron chi connectivity index (χ2n) is 16.4. The van der Waals surface area contributed by atoms with Gasteiger partial charge in [-0.15, -0.1) is 34.0 Å². The van der Waals surface area contributed by atoms with Gasteiger partial charge in [0.05, 0.1) is 12.7 Å². The molecule has 0 radical (unpaired) electrons.